The lowest BCUT2D eigenvalue weighted by Crippen LogP contribution is -2.31. The predicted molar refractivity (Wildman–Crippen MR) is 110 cm³/mol. The van der Waals surface area contributed by atoms with E-state index < -0.39 is 17.7 Å². The number of phenols is 1. The minimum atomic E-state index is -0.729. The van der Waals surface area contributed by atoms with Crippen molar-refractivity contribution in [3.05, 3.63) is 70.3 Å². The van der Waals surface area contributed by atoms with Crippen molar-refractivity contribution in [2.75, 3.05) is 20.3 Å². The van der Waals surface area contributed by atoms with Crippen LogP contribution in [0.3, 0.4) is 0 Å². The molecule has 1 aliphatic rings. The molecule has 6 nitrogen and oxygen atoms in total. The number of nitrogens with zero attached hydrogens (tertiary/aromatic N) is 1. The SMILES string of the molecule is COCCCN1C(=O)C(=O)/C(=C(/O)c2cc(C)ccc2C)C1c1ccc(O)cc1. The minimum Gasteiger partial charge on any atom is -0.508 e. The normalized spacial score (nSPS) is 18.4. The van der Waals surface area contributed by atoms with Crippen LogP contribution in [0.4, 0.5) is 0 Å². The molecule has 1 heterocycles. The van der Waals surface area contributed by atoms with E-state index in [-0.39, 0.29) is 17.1 Å². The zero-order valence-electron chi connectivity index (χ0n) is 16.8. The van der Waals surface area contributed by atoms with Gasteiger partial charge in [-0.25, -0.2) is 0 Å². The molecule has 3 rings (SSSR count). The van der Waals surface area contributed by atoms with Gasteiger partial charge in [0.05, 0.1) is 11.6 Å². The number of Topliss-reactive ketones (excluding diaryl/α,β-unsaturated/α-hetero) is 1. The summed E-state index contributed by atoms with van der Waals surface area (Å²) in [5.41, 5.74) is 2.98. The average Bonchev–Trinajstić information content (AvgIpc) is 2.95. The molecule has 2 N–H and O–H groups in total. The molecular formula is C23H25NO5. The lowest BCUT2D eigenvalue weighted by molar-refractivity contribution is -0.140. The van der Waals surface area contributed by atoms with Gasteiger partial charge in [-0.2, -0.15) is 0 Å². The predicted octanol–water partition coefficient (Wildman–Crippen LogP) is 3.47. The quantitative estimate of drug-likeness (QED) is 0.338. The topological polar surface area (TPSA) is 87.1 Å². The van der Waals surface area contributed by atoms with Gasteiger partial charge in [0, 0.05) is 25.8 Å². The largest absolute Gasteiger partial charge is 0.508 e. The second-order valence-corrected chi connectivity index (χ2v) is 7.25. The summed E-state index contributed by atoms with van der Waals surface area (Å²) in [6, 6.07) is 11.2. The minimum absolute atomic E-state index is 0.0619. The average molecular weight is 395 g/mol. The van der Waals surface area contributed by atoms with Gasteiger partial charge < -0.3 is 19.8 Å². The van der Waals surface area contributed by atoms with Crippen molar-refractivity contribution < 1.29 is 24.5 Å². The van der Waals surface area contributed by atoms with Crippen molar-refractivity contribution in [2.45, 2.75) is 26.3 Å². The highest BCUT2D eigenvalue weighted by atomic mass is 16.5. The second-order valence-electron chi connectivity index (χ2n) is 7.25. The van der Waals surface area contributed by atoms with Gasteiger partial charge in [0.15, 0.2) is 0 Å². The van der Waals surface area contributed by atoms with Crippen LogP contribution in [0.2, 0.25) is 0 Å². The summed E-state index contributed by atoms with van der Waals surface area (Å²) in [5, 5.41) is 20.7. The lowest BCUT2D eigenvalue weighted by Gasteiger charge is -2.25. The lowest BCUT2D eigenvalue weighted by atomic mass is 9.93. The zero-order chi connectivity index (χ0) is 21.1. The third-order valence-electron chi connectivity index (χ3n) is 5.14. The molecule has 1 unspecified atom stereocenters. The van der Waals surface area contributed by atoms with Gasteiger partial charge in [-0.1, -0.05) is 29.8 Å². The highest BCUT2D eigenvalue weighted by Crippen LogP contribution is 2.40. The molecule has 0 saturated carbocycles. The molecule has 0 aliphatic carbocycles. The summed E-state index contributed by atoms with van der Waals surface area (Å²) in [5.74, 6) is -1.46. The Morgan fingerprint density at radius 2 is 1.79 bits per heavy atom. The number of methoxy groups -OCH3 is 1. The Morgan fingerprint density at radius 1 is 1.10 bits per heavy atom. The fraction of sp³-hybridized carbons (Fsp3) is 0.304. The van der Waals surface area contributed by atoms with Crippen molar-refractivity contribution in [1.82, 2.24) is 4.90 Å². The fourth-order valence-corrected chi connectivity index (χ4v) is 3.63. The van der Waals surface area contributed by atoms with Gasteiger partial charge in [0.2, 0.25) is 0 Å². The first-order valence-corrected chi connectivity index (χ1v) is 9.49. The van der Waals surface area contributed by atoms with Crippen LogP contribution < -0.4 is 0 Å². The van der Waals surface area contributed by atoms with Crippen molar-refractivity contribution in [3.63, 3.8) is 0 Å². The Balaban J connectivity index is 2.16. The van der Waals surface area contributed by atoms with E-state index in [0.717, 1.165) is 11.1 Å². The van der Waals surface area contributed by atoms with E-state index in [9.17, 15) is 19.8 Å². The molecule has 1 amide bonds. The monoisotopic (exact) mass is 395 g/mol. The number of ether oxygens (including phenoxy) is 1. The van der Waals surface area contributed by atoms with Gasteiger partial charge >= 0.3 is 0 Å². The number of benzene rings is 2. The number of ketones is 1. The fourth-order valence-electron chi connectivity index (χ4n) is 3.63. The molecule has 1 aliphatic heterocycles. The third kappa shape index (κ3) is 4.03. The number of carbonyl (C=O) groups is 2. The van der Waals surface area contributed by atoms with E-state index >= 15 is 0 Å². The molecule has 1 fully saturated rings. The van der Waals surface area contributed by atoms with E-state index in [1.165, 1.54) is 17.0 Å². The molecule has 1 saturated heterocycles. The first-order valence-electron chi connectivity index (χ1n) is 9.49. The molecule has 0 bridgehead atoms. The summed E-state index contributed by atoms with van der Waals surface area (Å²) in [6.07, 6.45) is 0.557. The van der Waals surface area contributed by atoms with Crippen molar-refractivity contribution in [3.8, 4) is 5.75 Å². The third-order valence-corrected chi connectivity index (χ3v) is 5.14. The molecule has 0 aromatic heterocycles. The molecule has 2 aromatic carbocycles. The van der Waals surface area contributed by atoms with Gasteiger partial charge in [0.25, 0.3) is 11.7 Å². The van der Waals surface area contributed by atoms with E-state index in [2.05, 4.69) is 0 Å². The van der Waals surface area contributed by atoms with Gasteiger partial charge in [-0.05, 0) is 49.6 Å². The number of aliphatic hydroxyl groups is 1. The molecule has 0 spiro atoms. The number of carbonyl (C=O) groups excluding carboxylic acids is 2. The van der Waals surface area contributed by atoms with Gasteiger partial charge in [-0.3, -0.25) is 9.59 Å². The Kier molecular flexibility index (Phi) is 6.03. The Morgan fingerprint density at radius 3 is 2.45 bits per heavy atom. The van der Waals surface area contributed by atoms with Crippen LogP contribution in [0, 0.1) is 13.8 Å². The number of hydrogen-bond donors (Lipinski definition) is 2. The molecule has 0 radical (unpaired) electrons. The van der Waals surface area contributed by atoms with Crippen LogP contribution in [0.1, 0.15) is 34.7 Å². The standard InChI is InChI=1S/C23H25NO5/c1-14-5-6-15(2)18(13-14)21(26)19-20(16-7-9-17(25)10-8-16)24(11-4-12-29-3)23(28)22(19)27/h5-10,13,20,25-26H,4,11-12H2,1-3H3/b21-19+. The molecular weight excluding hydrogens is 370 g/mol. The maximum Gasteiger partial charge on any atom is 0.295 e. The van der Waals surface area contributed by atoms with Gasteiger partial charge in [0.1, 0.15) is 11.5 Å². The maximum atomic E-state index is 12.9. The number of rotatable bonds is 6. The molecule has 6 heteroatoms. The number of amides is 1. The van der Waals surface area contributed by atoms with E-state index in [1.807, 2.05) is 26.0 Å². The Labute approximate surface area is 170 Å². The van der Waals surface area contributed by atoms with Crippen molar-refractivity contribution in [2.24, 2.45) is 0 Å². The van der Waals surface area contributed by atoms with Gasteiger partial charge in [-0.15, -0.1) is 0 Å². The second kappa shape index (κ2) is 8.49. The molecule has 2 aromatic rings. The van der Waals surface area contributed by atoms with E-state index in [0.29, 0.717) is 30.7 Å². The Bertz CT molecular complexity index is 962. The van der Waals surface area contributed by atoms with Crippen LogP contribution in [-0.4, -0.2) is 47.1 Å². The van der Waals surface area contributed by atoms with E-state index in [4.69, 9.17) is 4.74 Å². The number of aliphatic hydroxyl groups excluding tert-OH is 1. The molecule has 1 atom stereocenters. The summed E-state index contributed by atoms with van der Waals surface area (Å²) < 4.78 is 5.08. The van der Waals surface area contributed by atoms with E-state index in [1.54, 1.807) is 25.3 Å². The highest BCUT2D eigenvalue weighted by Gasteiger charge is 2.45. The summed E-state index contributed by atoms with van der Waals surface area (Å²) >= 11 is 0. The summed E-state index contributed by atoms with van der Waals surface area (Å²) in [6.45, 7) is 4.51. The van der Waals surface area contributed by atoms with Crippen LogP contribution in [0.15, 0.2) is 48.0 Å². The van der Waals surface area contributed by atoms with Crippen molar-refractivity contribution >= 4 is 17.4 Å². The summed E-state index contributed by atoms with van der Waals surface area (Å²) in [4.78, 5) is 27.2. The number of hydrogen-bond acceptors (Lipinski definition) is 5. The maximum absolute atomic E-state index is 12.9. The highest BCUT2D eigenvalue weighted by molar-refractivity contribution is 6.46. The molecule has 152 valence electrons. The van der Waals surface area contributed by atoms with Crippen LogP contribution in [0.25, 0.3) is 5.76 Å². The van der Waals surface area contributed by atoms with Crippen LogP contribution >= 0.6 is 0 Å². The number of aryl methyl sites for hydroxylation is 2. The number of likely N-dealkylation sites (tertiary alicyclic amines) is 1. The Hall–Kier alpha value is -3.12. The smallest absolute Gasteiger partial charge is 0.295 e. The number of phenolic OH excluding ortho intramolecular Hbond substituents is 1. The first-order chi connectivity index (χ1) is 13.8. The first kappa shape index (κ1) is 20.6. The van der Waals surface area contributed by atoms with Crippen molar-refractivity contribution in [1.29, 1.82) is 0 Å². The summed E-state index contributed by atoms with van der Waals surface area (Å²) in [7, 11) is 1.58. The van der Waals surface area contributed by atoms with Crippen LogP contribution in [-0.2, 0) is 14.3 Å². The molecule has 29 heavy (non-hydrogen) atoms. The zero-order valence-corrected chi connectivity index (χ0v) is 16.8. The van der Waals surface area contributed by atoms with Crippen LogP contribution in [0.5, 0.6) is 5.75 Å². The number of aromatic hydroxyl groups is 1.